The third-order valence-corrected chi connectivity index (χ3v) is 4.51. The number of amides is 2. The Kier molecular flexibility index (Phi) is 5.22. The number of hydrogen-bond acceptors (Lipinski definition) is 5. The van der Waals surface area contributed by atoms with Gasteiger partial charge in [-0.05, 0) is 24.3 Å². The van der Waals surface area contributed by atoms with Crippen molar-refractivity contribution in [2.24, 2.45) is 4.99 Å². The van der Waals surface area contributed by atoms with Gasteiger partial charge in [-0.25, -0.2) is 4.99 Å². The quantitative estimate of drug-likeness (QED) is 0.522. The van der Waals surface area contributed by atoms with Crippen LogP contribution >= 0.6 is 0 Å². The Hall–Kier alpha value is -4.44. The summed E-state index contributed by atoms with van der Waals surface area (Å²) in [5, 5.41) is 15.1. The van der Waals surface area contributed by atoms with Crippen molar-refractivity contribution in [3.8, 4) is 6.07 Å². The summed E-state index contributed by atoms with van der Waals surface area (Å²) in [6.07, 6.45) is 1.50. The summed E-state index contributed by atoms with van der Waals surface area (Å²) in [4.78, 5) is 29.6. The molecule has 7 heteroatoms. The van der Waals surface area contributed by atoms with Crippen LogP contribution < -0.4 is 10.6 Å². The van der Waals surface area contributed by atoms with Crippen molar-refractivity contribution in [3.05, 3.63) is 101 Å². The van der Waals surface area contributed by atoms with Crippen LogP contribution in [0.1, 0.15) is 27.2 Å². The normalized spacial score (nSPS) is 13.6. The van der Waals surface area contributed by atoms with E-state index in [9.17, 15) is 14.9 Å². The van der Waals surface area contributed by atoms with Crippen molar-refractivity contribution in [1.82, 2.24) is 10.6 Å². The first-order valence-electron chi connectivity index (χ1n) is 9.17. The molecule has 0 atom stereocenters. The molecule has 1 aliphatic heterocycles. The Labute approximate surface area is 172 Å². The highest BCUT2D eigenvalue weighted by atomic mass is 16.3. The molecule has 3 aromatic rings. The summed E-state index contributed by atoms with van der Waals surface area (Å²) >= 11 is 0. The van der Waals surface area contributed by atoms with Crippen molar-refractivity contribution in [3.63, 3.8) is 0 Å². The van der Waals surface area contributed by atoms with Gasteiger partial charge in [0.05, 0.1) is 18.5 Å². The monoisotopic (exact) mass is 396 g/mol. The minimum atomic E-state index is -0.571. The summed E-state index contributed by atoms with van der Waals surface area (Å²) in [6, 6.07) is 21.2. The number of aliphatic imine (C=N–C) groups is 1. The van der Waals surface area contributed by atoms with Gasteiger partial charge in [-0.15, -0.1) is 0 Å². The number of benzene rings is 2. The van der Waals surface area contributed by atoms with Crippen LogP contribution in [0.25, 0.3) is 5.70 Å². The maximum absolute atomic E-state index is 12.6. The first kappa shape index (κ1) is 18.9. The van der Waals surface area contributed by atoms with Crippen molar-refractivity contribution in [1.29, 1.82) is 5.26 Å². The van der Waals surface area contributed by atoms with E-state index in [1.54, 1.807) is 60.7 Å². The lowest BCUT2D eigenvalue weighted by molar-refractivity contribution is -0.117. The number of nitrogens with one attached hydrogen (secondary N) is 2. The van der Waals surface area contributed by atoms with Crippen LogP contribution in [0, 0.1) is 11.3 Å². The first-order valence-corrected chi connectivity index (χ1v) is 9.17. The van der Waals surface area contributed by atoms with Crippen LogP contribution in [-0.2, 0) is 11.3 Å². The van der Waals surface area contributed by atoms with E-state index < -0.39 is 5.91 Å². The van der Waals surface area contributed by atoms with Crippen LogP contribution in [0.15, 0.2) is 88.0 Å². The topological polar surface area (TPSA) is 107 Å². The fourth-order valence-corrected chi connectivity index (χ4v) is 3.06. The lowest BCUT2D eigenvalue weighted by atomic mass is 10.0. The van der Waals surface area contributed by atoms with E-state index in [1.807, 2.05) is 12.1 Å². The summed E-state index contributed by atoms with van der Waals surface area (Å²) in [5.74, 6) is -0.0397. The van der Waals surface area contributed by atoms with Gasteiger partial charge in [-0.3, -0.25) is 9.59 Å². The molecule has 2 amide bonds. The van der Waals surface area contributed by atoms with Gasteiger partial charge < -0.3 is 15.1 Å². The van der Waals surface area contributed by atoms with Gasteiger partial charge in [0, 0.05) is 16.7 Å². The Morgan fingerprint density at radius 3 is 2.40 bits per heavy atom. The smallest absolute Gasteiger partial charge is 0.264 e. The highest BCUT2D eigenvalue weighted by Gasteiger charge is 2.27. The number of carbonyl (C=O) groups is 2. The molecule has 4 rings (SSSR count). The molecule has 0 unspecified atom stereocenters. The number of furan rings is 1. The average molecular weight is 396 g/mol. The van der Waals surface area contributed by atoms with Crippen molar-refractivity contribution < 1.29 is 14.0 Å². The molecular weight excluding hydrogens is 380 g/mol. The first-order chi connectivity index (χ1) is 14.7. The Balaban J connectivity index is 1.65. The largest absolute Gasteiger partial charge is 0.467 e. The van der Waals surface area contributed by atoms with Crippen LogP contribution in [0.4, 0.5) is 0 Å². The van der Waals surface area contributed by atoms with E-state index in [2.05, 4.69) is 15.6 Å². The molecule has 0 saturated carbocycles. The van der Waals surface area contributed by atoms with E-state index in [-0.39, 0.29) is 23.7 Å². The van der Waals surface area contributed by atoms with Gasteiger partial charge in [0.2, 0.25) is 0 Å². The predicted octanol–water partition coefficient (Wildman–Crippen LogP) is 3.02. The minimum Gasteiger partial charge on any atom is -0.467 e. The fraction of sp³-hybridized carbons (Fsp3) is 0.0435. The van der Waals surface area contributed by atoms with Gasteiger partial charge >= 0.3 is 0 Å². The summed E-state index contributed by atoms with van der Waals surface area (Å²) in [7, 11) is 0. The fourth-order valence-electron chi connectivity index (χ4n) is 3.06. The van der Waals surface area contributed by atoms with Crippen LogP contribution in [-0.4, -0.2) is 17.6 Å². The molecule has 0 fully saturated rings. The molecular formula is C23H16N4O3. The lowest BCUT2D eigenvalue weighted by Gasteiger charge is -2.06. The Morgan fingerprint density at radius 2 is 1.70 bits per heavy atom. The van der Waals surface area contributed by atoms with Gasteiger partial charge in [0.25, 0.3) is 11.8 Å². The molecule has 0 spiro atoms. The Bertz CT molecular complexity index is 1200. The summed E-state index contributed by atoms with van der Waals surface area (Å²) < 4.78 is 5.19. The molecule has 1 aliphatic rings. The lowest BCUT2D eigenvalue weighted by Crippen LogP contribution is -2.30. The number of fused-ring (bicyclic) bond motifs is 1. The molecule has 0 aliphatic carbocycles. The molecule has 0 saturated heterocycles. The molecule has 30 heavy (non-hydrogen) atoms. The SMILES string of the molecule is N#C/C(C(=O)NCc1ccco1)=C1\N=C(NC(=O)c2ccccc2)c2ccccc21. The van der Waals surface area contributed by atoms with E-state index >= 15 is 0 Å². The summed E-state index contributed by atoms with van der Waals surface area (Å²) in [5.41, 5.74) is 1.80. The second-order valence-electron chi connectivity index (χ2n) is 6.42. The van der Waals surface area contributed by atoms with Gasteiger partial charge in [0.1, 0.15) is 23.2 Å². The minimum absolute atomic E-state index is 0.141. The van der Waals surface area contributed by atoms with E-state index in [0.717, 1.165) is 0 Å². The number of hydrogen-bond donors (Lipinski definition) is 2. The van der Waals surface area contributed by atoms with Crippen molar-refractivity contribution >= 4 is 23.3 Å². The number of carbonyl (C=O) groups excluding carboxylic acids is 2. The molecule has 0 radical (unpaired) electrons. The van der Waals surface area contributed by atoms with Gasteiger partial charge in [-0.2, -0.15) is 5.26 Å². The third kappa shape index (κ3) is 3.75. The number of nitriles is 1. The number of nitrogens with zero attached hydrogens (tertiary/aromatic N) is 2. The van der Waals surface area contributed by atoms with E-state index in [1.165, 1.54) is 6.26 Å². The highest BCUT2D eigenvalue weighted by Crippen LogP contribution is 2.30. The zero-order chi connectivity index (χ0) is 20.9. The summed E-state index contributed by atoms with van der Waals surface area (Å²) in [6.45, 7) is 0.146. The van der Waals surface area contributed by atoms with Crippen molar-refractivity contribution in [2.45, 2.75) is 6.54 Å². The highest BCUT2D eigenvalue weighted by molar-refractivity contribution is 6.20. The number of amidine groups is 1. The second kappa shape index (κ2) is 8.29. The molecule has 2 heterocycles. The van der Waals surface area contributed by atoms with Gasteiger partial charge in [0.15, 0.2) is 0 Å². The molecule has 0 bridgehead atoms. The molecule has 2 N–H and O–H groups in total. The maximum Gasteiger partial charge on any atom is 0.264 e. The van der Waals surface area contributed by atoms with E-state index in [0.29, 0.717) is 28.3 Å². The zero-order valence-corrected chi connectivity index (χ0v) is 15.8. The molecule has 2 aromatic carbocycles. The Morgan fingerprint density at radius 1 is 0.967 bits per heavy atom. The maximum atomic E-state index is 12.6. The third-order valence-electron chi connectivity index (χ3n) is 4.51. The number of rotatable bonds is 4. The average Bonchev–Trinajstić information content (AvgIpc) is 3.42. The molecule has 146 valence electrons. The zero-order valence-electron chi connectivity index (χ0n) is 15.8. The second-order valence-corrected chi connectivity index (χ2v) is 6.42. The molecule has 7 nitrogen and oxygen atoms in total. The van der Waals surface area contributed by atoms with Crippen LogP contribution in [0.3, 0.4) is 0 Å². The van der Waals surface area contributed by atoms with Crippen LogP contribution in [0.5, 0.6) is 0 Å². The van der Waals surface area contributed by atoms with Crippen molar-refractivity contribution in [2.75, 3.05) is 0 Å². The predicted molar refractivity (Wildman–Crippen MR) is 110 cm³/mol. The van der Waals surface area contributed by atoms with E-state index in [4.69, 9.17) is 4.42 Å². The standard InChI is InChI=1S/C23H16N4O3/c24-13-19(23(29)25-14-16-9-6-12-30-16)20-17-10-4-5-11-18(17)21(26-20)27-22(28)15-7-2-1-3-8-15/h1-12H,14H2,(H,25,29)(H,26,27,28)/b20-19+. The van der Waals surface area contributed by atoms with Crippen LogP contribution in [0.2, 0.25) is 0 Å². The van der Waals surface area contributed by atoms with Gasteiger partial charge in [-0.1, -0.05) is 42.5 Å². The molecule has 1 aromatic heterocycles.